The standard InChI is InChI=1S/C20H19NOP.3CH3.Sn/c1-17(18-11-5-2-6-12-18)21-23(22,19-13-7-3-8-14-19)20-15-9-4-10-16-20;;;;/h2-15,17H,1H3,(H,21,22);3*1H3;. The van der Waals surface area contributed by atoms with Gasteiger partial charge in [0.25, 0.3) is 0 Å². The first kappa shape index (κ1) is 20.4. The van der Waals surface area contributed by atoms with Crippen LogP contribution >= 0.6 is 7.29 Å². The van der Waals surface area contributed by atoms with Gasteiger partial charge >= 0.3 is 168 Å². The van der Waals surface area contributed by atoms with E-state index in [-0.39, 0.29) is 6.04 Å². The maximum atomic E-state index is 14.6. The van der Waals surface area contributed by atoms with Gasteiger partial charge < -0.3 is 0 Å². The molecule has 3 aromatic rings. The van der Waals surface area contributed by atoms with E-state index in [9.17, 15) is 4.57 Å². The van der Waals surface area contributed by atoms with Gasteiger partial charge in [-0.25, -0.2) is 0 Å². The first-order chi connectivity index (χ1) is 12.8. The molecule has 1 N–H and O–H groups in total. The quantitative estimate of drug-likeness (QED) is 0.402. The fraction of sp³-hybridized carbons (Fsp3) is 0.217. The first-order valence-electron chi connectivity index (χ1n) is 9.41. The molecule has 2 unspecified atom stereocenters. The van der Waals surface area contributed by atoms with Crippen molar-refractivity contribution in [2.45, 2.75) is 27.8 Å². The fourth-order valence-electron chi connectivity index (χ4n) is 3.39. The van der Waals surface area contributed by atoms with Crippen molar-refractivity contribution in [2.24, 2.45) is 0 Å². The molecule has 0 fully saturated rings. The summed E-state index contributed by atoms with van der Waals surface area (Å²) in [5.41, 5.74) is 1.14. The molecule has 0 aliphatic carbocycles. The zero-order chi connectivity index (χ0) is 19.5. The van der Waals surface area contributed by atoms with Crippen LogP contribution in [0.3, 0.4) is 0 Å². The second kappa shape index (κ2) is 8.34. The number of benzene rings is 3. The third kappa shape index (κ3) is 4.56. The van der Waals surface area contributed by atoms with Crippen LogP contribution in [0.15, 0.2) is 84.9 Å². The summed E-state index contributed by atoms with van der Waals surface area (Å²) in [6.45, 7) is 2.09. The molecule has 0 bridgehead atoms. The molecule has 3 rings (SSSR count). The molecule has 0 aliphatic heterocycles. The fourth-order valence-corrected chi connectivity index (χ4v) is 13.7. The molecule has 0 saturated carbocycles. The monoisotopic (exact) mass is 485 g/mol. The molecule has 140 valence electrons. The van der Waals surface area contributed by atoms with Crippen LogP contribution in [-0.2, 0) is 4.57 Å². The van der Waals surface area contributed by atoms with Crippen LogP contribution in [-0.4, -0.2) is 18.4 Å². The Morgan fingerprint density at radius 1 is 0.778 bits per heavy atom. The van der Waals surface area contributed by atoms with Crippen molar-refractivity contribution in [1.29, 1.82) is 0 Å². The topological polar surface area (TPSA) is 29.1 Å². The van der Waals surface area contributed by atoms with Crippen LogP contribution in [0, 0.1) is 0 Å². The van der Waals surface area contributed by atoms with Gasteiger partial charge in [-0.15, -0.1) is 0 Å². The van der Waals surface area contributed by atoms with Crippen molar-refractivity contribution in [2.75, 3.05) is 0 Å². The van der Waals surface area contributed by atoms with Crippen molar-refractivity contribution >= 4 is 39.9 Å². The Balaban J connectivity index is 2.15. The van der Waals surface area contributed by atoms with E-state index in [1.54, 1.807) is 0 Å². The molecule has 0 saturated heterocycles. The van der Waals surface area contributed by atoms with E-state index in [1.807, 2.05) is 54.6 Å². The molecule has 4 heteroatoms. The average molecular weight is 484 g/mol. The Labute approximate surface area is 167 Å². The molecule has 0 heterocycles. The summed E-state index contributed by atoms with van der Waals surface area (Å²) in [6.07, 6.45) is 0. The normalized spacial score (nSPS) is 15.1. The van der Waals surface area contributed by atoms with Crippen LogP contribution in [0.2, 0.25) is 14.8 Å². The molecule has 0 amide bonds. The van der Waals surface area contributed by atoms with E-state index < -0.39 is 25.7 Å². The zero-order valence-corrected chi connectivity index (χ0v) is 20.3. The molecule has 3 aromatic carbocycles. The van der Waals surface area contributed by atoms with Gasteiger partial charge in [-0.2, -0.15) is 0 Å². The van der Waals surface area contributed by atoms with E-state index in [0.29, 0.717) is 0 Å². The van der Waals surface area contributed by atoms with Gasteiger partial charge in [0, 0.05) is 0 Å². The molecule has 2 atom stereocenters. The Morgan fingerprint density at radius 2 is 1.30 bits per heavy atom. The van der Waals surface area contributed by atoms with Gasteiger partial charge in [-0.3, -0.25) is 0 Å². The maximum absolute atomic E-state index is 14.6. The summed E-state index contributed by atoms with van der Waals surface area (Å²) in [5, 5.41) is 5.40. The Hall–Kier alpha value is -1.35. The predicted molar refractivity (Wildman–Crippen MR) is 121 cm³/mol. The molecule has 0 spiro atoms. The minimum absolute atomic E-state index is 0.0135. The van der Waals surface area contributed by atoms with E-state index in [2.05, 4.69) is 57.2 Å². The van der Waals surface area contributed by atoms with E-state index in [0.717, 1.165) is 16.2 Å². The molecule has 2 nitrogen and oxygen atoms in total. The summed E-state index contributed by atoms with van der Waals surface area (Å²) in [4.78, 5) is 7.14. The molecule has 0 aromatic heterocycles. The van der Waals surface area contributed by atoms with E-state index in [4.69, 9.17) is 0 Å². The van der Waals surface area contributed by atoms with Crippen molar-refractivity contribution in [3.63, 3.8) is 0 Å². The number of nitrogens with one attached hydrogen (secondary N) is 1. The Morgan fingerprint density at radius 3 is 1.89 bits per heavy atom. The van der Waals surface area contributed by atoms with Crippen LogP contribution in [0.25, 0.3) is 0 Å². The molecule has 0 radical (unpaired) electrons. The van der Waals surface area contributed by atoms with Gasteiger partial charge in [0.15, 0.2) is 0 Å². The van der Waals surface area contributed by atoms with E-state index in [1.165, 1.54) is 3.58 Å². The summed E-state index contributed by atoms with van der Waals surface area (Å²) < 4.78 is 15.9. The van der Waals surface area contributed by atoms with Gasteiger partial charge in [0.2, 0.25) is 0 Å². The first-order valence-corrected chi connectivity index (χ1v) is 21.1. The predicted octanol–water partition coefficient (Wildman–Crippen LogP) is 4.81. The van der Waals surface area contributed by atoms with Crippen molar-refractivity contribution in [1.82, 2.24) is 5.09 Å². The van der Waals surface area contributed by atoms with Gasteiger partial charge in [-0.1, -0.05) is 0 Å². The third-order valence-electron chi connectivity index (χ3n) is 4.85. The van der Waals surface area contributed by atoms with Crippen molar-refractivity contribution < 1.29 is 4.57 Å². The second-order valence-corrected chi connectivity index (χ2v) is 24.8. The number of rotatable bonds is 6. The third-order valence-corrected chi connectivity index (χ3v) is 14.1. The number of hydrogen-bond acceptors (Lipinski definition) is 1. The Kier molecular flexibility index (Phi) is 6.30. The van der Waals surface area contributed by atoms with Crippen LogP contribution in [0.5, 0.6) is 0 Å². The summed E-state index contributed by atoms with van der Waals surface area (Å²) in [5.74, 6) is 0. The summed E-state index contributed by atoms with van der Waals surface area (Å²) in [7, 11) is -2.98. The average Bonchev–Trinajstić information content (AvgIpc) is 2.68. The van der Waals surface area contributed by atoms with E-state index >= 15 is 0 Å². The number of hydrogen-bond donors (Lipinski definition) is 1. The van der Waals surface area contributed by atoms with Crippen LogP contribution in [0.1, 0.15) is 18.5 Å². The van der Waals surface area contributed by atoms with Crippen LogP contribution in [0.4, 0.5) is 0 Å². The van der Waals surface area contributed by atoms with Crippen molar-refractivity contribution in [3.8, 4) is 0 Å². The molecule has 27 heavy (non-hydrogen) atoms. The molecular weight excluding hydrogens is 456 g/mol. The summed E-state index contributed by atoms with van der Waals surface area (Å²) in [6, 6.07) is 28.5. The van der Waals surface area contributed by atoms with Crippen molar-refractivity contribution in [3.05, 3.63) is 90.5 Å². The zero-order valence-electron chi connectivity index (χ0n) is 16.5. The Bertz CT molecular complexity index is 935. The van der Waals surface area contributed by atoms with Gasteiger partial charge in [0.1, 0.15) is 0 Å². The molecule has 0 aliphatic rings. The second-order valence-electron chi connectivity index (χ2n) is 7.97. The summed E-state index contributed by atoms with van der Waals surface area (Å²) >= 11 is -2.46. The minimum atomic E-state index is -2.98. The molecular formula is C23H28NOPSn. The van der Waals surface area contributed by atoms with Gasteiger partial charge in [0.05, 0.1) is 0 Å². The van der Waals surface area contributed by atoms with Crippen LogP contribution < -0.4 is 19.3 Å². The SMILES string of the molecule is CC(NP(=O)(c1ccccc1)c1cccc[c]1[Sn]([CH3])([CH3])[CH3])c1ccccc1. The van der Waals surface area contributed by atoms with Gasteiger partial charge in [-0.05, 0) is 0 Å².